The van der Waals surface area contributed by atoms with Gasteiger partial charge in [-0.1, -0.05) is 4.57 Å². The van der Waals surface area contributed by atoms with Gasteiger partial charge in [-0.3, -0.25) is 0 Å². The van der Waals surface area contributed by atoms with E-state index in [2.05, 4.69) is 0 Å². The monoisotopic (exact) mass is 89.0 g/mol. The van der Waals surface area contributed by atoms with E-state index >= 15 is 0 Å². The van der Waals surface area contributed by atoms with Crippen molar-refractivity contribution in [2.75, 3.05) is 0 Å². The lowest BCUT2D eigenvalue weighted by molar-refractivity contribution is 0.598. The van der Waals surface area contributed by atoms with Crippen molar-refractivity contribution in [2.24, 2.45) is 0 Å². The van der Waals surface area contributed by atoms with Crippen molar-refractivity contribution >= 4 is 8.46 Å². The zero-order chi connectivity index (χ0) is 3.70. The van der Waals surface area contributed by atoms with Crippen LogP contribution in [0.2, 0.25) is 0 Å². The molecule has 1 atom stereocenters. The standard InChI is InChI=1S/C3H5OP/c4-5-3-1-2-3/h3H,1-2H2/p+1. The highest BCUT2D eigenvalue weighted by Gasteiger charge is 2.28. The van der Waals surface area contributed by atoms with Gasteiger partial charge in [0.25, 0.3) is 0 Å². The zero-order valence-corrected chi connectivity index (χ0v) is 3.90. The lowest BCUT2D eigenvalue weighted by Crippen LogP contribution is -1.48. The lowest BCUT2D eigenvalue weighted by atomic mass is 11.0. The molecule has 1 aliphatic rings. The van der Waals surface area contributed by atoms with Crippen LogP contribution in [0.5, 0.6) is 0 Å². The van der Waals surface area contributed by atoms with Crippen molar-refractivity contribution in [2.45, 2.75) is 18.5 Å². The molecule has 1 rings (SSSR count). The molecule has 28 valence electrons. The Morgan fingerprint density at radius 2 is 2.20 bits per heavy atom. The summed E-state index contributed by atoms with van der Waals surface area (Å²) in [4.78, 5) is 0. The van der Waals surface area contributed by atoms with E-state index in [0.29, 0.717) is 5.66 Å². The summed E-state index contributed by atoms with van der Waals surface area (Å²) >= 11 is 0. The Morgan fingerprint density at radius 3 is 2.20 bits per heavy atom. The Labute approximate surface area is 32.6 Å². The maximum absolute atomic E-state index is 9.72. The van der Waals surface area contributed by atoms with Gasteiger partial charge in [-0.25, -0.2) is 0 Å². The summed E-state index contributed by atoms with van der Waals surface area (Å²) in [5, 5.41) is 0. The molecule has 0 radical (unpaired) electrons. The molecular formula is C3H6OP+. The van der Waals surface area contributed by atoms with Crippen LogP contribution in [0, 0.1) is 0 Å². The first-order valence-corrected chi connectivity index (χ1v) is 2.79. The van der Waals surface area contributed by atoms with Crippen LogP contribution in [0.4, 0.5) is 0 Å². The number of hydrogen-bond acceptors (Lipinski definition) is 1. The number of hydrogen-bond donors (Lipinski definition) is 0. The van der Waals surface area contributed by atoms with E-state index in [-0.39, 0.29) is 8.46 Å². The van der Waals surface area contributed by atoms with Gasteiger partial charge in [-0.15, -0.1) is 0 Å². The van der Waals surface area contributed by atoms with Crippen LogP contribution in [-0.4, -0.2) is 5.66 Å². The van der Waals surface area contributed by atoms with Crippen molar-refractivity contribution in [1.82, 2.24) is 0 Å². The largest absolute Gasteiger partial charge is 0.327 e. The second kappa shape index (κ2) is 1.06. The minimum absolute atomic E-state index is 0.0247. The summed E-state index contributed by atoms with van der Waals surface area (Å²) in [6, 6.07) is 0. The van der Waals surface area contributed by atoms with Gasteiger partial charge in [0.15, 0.2) is 5.66 Å². The molecule has 0 heterocycles. The van der Waals surface area contributed by atoms with Gasteiger partial charge in [0.05, 0.1) is 0 Å². The molecule has 1 nitrogen and oxygen atoms in total. The first-order valence-electron chi connectivity index (χ1n) is 1.81. The third-order valence-corrected chi connectivity index (χ3v) is 1.65. The van der Waals surface area contributed by atoms with Crippen LogP contribution >= 0.6 is 8.46 Å². The summed E-state index contributed by atoms with van der Waals surface area (Å²) in [5.41, 5.74) is 0.606. The third-order valence-electron chi connectivity index (χ3n) is 0.744. The molecule has 0 aliphatic heterocycles. The highest BCUT2D eigenvalue weighted by Crippen LogP contribution is 2.31. The predicted molar refractivity (Wildman–Crippen MR) is 22.0 cm³/mol. The van der Waals surface area contributed by atoms with E-state index in [4.69, 9.17) is 0 Å². The molecule has 1 saturated carbocycles. The summed E-state index contributed by atoms with van der Waals surface area (Å²) < 4.78 is 9.72. The molecule has 0 N–H and O–H groups in total. The van der Waals surface area contributed by atoms with Gasteiger partial charge >= 0.3 is 8.46 Å². The highest BCUT2D eigenvalue weighted by atomic mass is 31.1. The van der Waals surface area contributed by atoms with Gasteiger partial charge in [-0.2, -0.15) is 0 Å². The first kappa shape index (κ1) is 3.30. The van der Waals surface area contributed by atoms with Gasteiger partial charge in [-0.05, 0) is 12.8 Å². The zero-order valence-electron chi connectivity index (χ0n) is 2.90. The Hall–Kier alpha value is 0.100. The van der Waals surface area contributed by atoms with Crippen molar-refractivity contribution in [3.8, 4) is 0 Å². The van der Waals surface area contributed by atoms with Gasteiger partial charge in [0.2, 0.25) is 0 Å². The molecule has 1 fully saturated rings. The second-order valence-corrected chi connectivity index (χ2v) is 2.44. The SMILES string of the molecule is O=[PH+]C1CC1. The Balaban J connectivity index is 2.21. The molecule has 5 heavy (non-hydrogen) atoms. The second-order valence-electron chi connectivity index (χ2n) is 1.39. The molecule has 0 aromatic heterocycles. The van der Waals surface area contributed by atoms with Crippen LogP contribution in [0.15, 0.2) is 0 Å². The molecule has 1 aliphatic carbocycles. The average Bonchev–Trinajstić information content (AvgIpc) is 2.12. The fraction of sp³-hybridized carbons (Fsp3) is 1.00. The fourth-order valence-corrected chi connectivity index (χ4v) is 0.604. The Morgan fingerprint density at radius 1 is 1.60 bits per heavy atom. The first-order chi connectivity index (χ1) is 2.43. The summed E-state index contributed by atoms with van der Waals surface area (Å²) in [6.45, 7) is 0. The minimum Gasteiger partial charge on any atom is -0.0772 e. The smallest absolute Gasteiger partial charge is 0.0772 e. The molecule has 0 amide bonds. The van der Waals surface area contributed by atoms with Crippen LogP contribution in [0.1, 0.15) is 12.8 Å². The van der Waals surface area contributed by atoms with E-state index in [1.807, 2.05) is 0 Å². The summed E-state index contributed by atoms with van der Waals surface area (Å²) in [6.07, 6.45) is 2.42. The maximum Gasteiger partial charge on any atom is 0.327 e. The molecular weight excluding hydrogens is 83.0 g/mol. The van der Waals surface area contributed by atoms with Crippen LogP contribution < -0.4 is 0 Å². The van der Waals surface area contributed by atoms with Crippen molar-refractivity contribution in [1.29, 1.82) is 0 Å². The molecule has 0 bridgehead atoms. The van der Waals surface area contributed by atoms with Crippen LogP contribution in [0.25, 0.3) is 0 Å². The van der Waals surface area contributed by atoms with E-state index in [9.17, 15) is 4.57 Å². The van der Waals surface area contributed by atoms with Crippen LogP contribution in [-0.2, 0) is 4.57 Å². The topological polar surface area (TPSA) is 17.1 Å². The lowest BCUT2D eigenvalue weighted by Gasteiger charge is -1.41. The van der Waals surface area contributed by atoms with E-state index in [0.717, 1.165) is 0 Å². The number of rotatable bonds is 1. The quantitative estimate of drug-likeness (QED) is 0.441. The fourth-order valence-electron chi connectivity index (χ4n) is 0.201. The van der Waals surface area contributed by atoms with Crippen molar-refractivity contribution < 1.29 is 4.57 Å². The van der Waals surface area contributed by atoms with Gasteiger partial charge in [0, 0.05) is 0 Å². The third kappa shape index (κ3) is 0.695. The Kier molecular flexibility index (Phi) is 0.698. The minimum atomic E-state index is -0.0247. The van der Waals surface area contributed by atoms with E-state index < -0.39 is 0 Å². The summed E-state index contributed by atoms with van der Waals surface area (Å²) in [7, 11) is -0.0247. The molecule has 0 aromatic carbocycles. The molecule has 0 spiro atoms. The predicted octanol–water partition coefficient (Wildman–Crippen LogP) is 1.17. The van der Waals surface area contributed by atoms with Crippen molar-refractivity contribution in [3.05, 3.63) is 0 Å². The van der Waals surface area contributed by atoms with Gasteiger partial charge in [0.1, 0.15) is 0 Å². The molecule has 0 aromatic rings. The van der Waals surface area contributed by atoms with E-state index in [1.54, 1.807) is 0 Å². The molecule has 2 heteroatoms. The van der Waals surface area contributed by atoms with Gasteiger partial charge < -0.3 is 0 Å². The molecule has 1 unspecified atom stereocenters. The van der Waals surface area contributed by atoms with Crippen LogP contribution in [0.3, 0.4) is 0 Å². The van der Waals surface area contributed by atoms with Crippen molar-refractivity contribution in [3.63, 3.8) is 0 Å². The summed E-state index contributed by atoms with van der Waals surface area (Å²) in [5.74, 6) is 0. The van der Waals surface area contributed by atoms with E-state index in [1.165, 1.54) is 12.8 Å². The molecule has 0 saturated heterocycles. The maximum atomic E-state index is 9.72. The highest BCUT2D eigenvalue weighted by molar-refractivity contribution is 7.25. The Bertz CT molecular complexity index is 48.9. The normalized spacial score (nSPS) is 24.0. The average molecular weight is 89.1 g/mol.